The number of nitrogens with one attached hydrogen (secondary N) is 2. The summed E-state index contributed by atoms with van der Waals surface area (Å²) in [7, 11) is 0. The van der Waals surface area contributed by atoms with Crippen molar-refractivity contribution < 1.29 is 31.9 Å². The van der Waals surface area contributed by atoms with E-state index in [2.05, 4.69) is 10.8 Å². The Morgan fingerprint density at radius 1 is 0.841 bits per heavy atom. The van der Waals surface area contributed by atoms with Crippen molar-refractivity contribution in [3.05, 3.63) is 123 Å². The molecule has 0 radical (unpaired) electrons. The zero-order valence-corrected chi connectivity index (χ0v) is 25.8. The summed E-state index contributed by atoms with van der Waals surface area (Å²) >= 11 is 1.97. The van der Waals surface area contributed by atoms with Crippen molar-refractivity contribution in [1.82, 2.24) is 0 Å². The van der Waals surface area contributed by atoms with Crippen LogP contribution in [0.1, 0.15) is 30.4 Å². The Morgan fingerprint density at radius 3 is 2.23 bits per heavy atom. The second-order valence-corrected chi connectivity index (χ2v) is 12.0. The van der Waals surface area contributed by atoms with Crippen molar-refractivity contribution >= 4 is 50.6 Å². The van der Waals surface area contributed by atoms with Crippen molar-refractivity contribution in [2.75, 3.05) is 17.4 Å². The van der Waals surface area contributed by atoms with Gasteiger partial charge >= 0.3 is 0 Å². The maximum absolute atomic E-state index is 15.4. The molecule has 1 fully saturated rings. The molecule has 0 spiro atoms. The van der Waals surface area contributed by atoms with Crippen LogP contribution in [0.2, 0.25) is 0 Å². The van der Waals surface area contributed by atoms with E-state index in [-0.39, 0.29) is 34.1 Å². The van der Waals surface area contributed by atoms with Gasteiger partial charge in [-0.25, -0.2) is 13.2 Å². The van der Waals surface area contributed by atoms with E-state index < -0.39 is 23.1 Å². The topological polar surface area (TPSA) is 64.9 Å². The summed E-state index contributed by atoms with van der Waals surface area (Å²) in [4.78, 5) is 6.20. The van der Waals surface area contributed by atoms with Gasteiger partial charge in [0.1, 0.15) is 17.2 Å². The van der Waals surface area contributed by atoms with Crippen molar-refractivity contribution in [2.45, 2.75) is 44.2 Å². The third kappa shape index (κ3) is 7.20. The van der Waals surface area contributed by atoms with E-state index in [1.54, 1.807) is 6.07 Å². The molecule has 5 aromatic rings. The second kappa shape index (κ2) is 13.6. The maximum Gasteiger partial charge on any atom is 0.185 e. The Hall–Kier alpha value is -3.58. The molecule has 1 aliphatic carbocycles. The van der Waals surface area contributed by atoms with Crippen LogP contribution in [0.4, 0.5) is 30.2 Å². The molecule has 6 rings (SSSR count). The van der Waals surface area contributed by atoms with E-state index in [1.165, 1.54) is 24.5 Å². The van der Waals surface area contributed by atoms with Crippen molar-refractivity contribution in [1.29, 1.82) is 0 Å². The lowest BCUT2D eigenvalue weighted by molar-refractivity contribution is -0.0629. The van der Waals surface area contributed by atoms with Crippen LogP contribution in [-0.4, -0.2) is 18.3 Å². The highest BCUT2D eigenvalue weighted by atomic mass is 127. The minimum atomic E-state index is -1.19. The summed E-state index contributed by atoms with van der Waals surface area (Å²) in [6.07, 6.45) is 2.86. The first-order valence-electron chi connectivity index (χ1n) is 14.2. The first-order chi connectivity index (χ1) is 21.4. The highest BCUT2D eigenvalue weighted by Crippen LogP contribution is 2.46. The third-order valence-electron chi connectivity index (χ3n) is 7.50. The Kier molecular flexibility index (Phi) is 9.41. The van der Waals surface area contributed by atoms with Gasteiger partial charge < -0.3 is 19.2 Å². The smallest absolute Gasteiger partial charge is 0.185 e. The molecule has 0 aliphatic heterocycles. The van der Waals surface area contributed by atoms with Gasteiger partial charge in [0.25, 0.3) is 0 Å². The molecule has 0 bridgehead atoms. The molecule has 1 heterocycles. The number of hydrogen-bond donors (Lipinski definition) is 2. The van der Waals surface area contributed by atoms with Crippen LogP contribution in [0.5, 0.6) is 0 Å². The van der Waals surface area contributed by atoms with Crippen LogP contribution in [0, 0.1) is 21.0 Å². The minimum absolute atomic E-state index is 0.0233. The van der Waals surface area contributed by atoms with Crippen LogP contribution >= 0.6 is 22.6 Å². The molecule has 1 saturated carbocycles. The summed E-state index contributed by atoms with van der Waals surface area (Å²) in [5.41, 5.74) is 3.99. The number of hydrogen-bond acceptors (Lipinski definition) is 6. The summed E-state index contributed by atoms with van der Waals surface area (Å²) in [6, 6.07) is 25.5. The number of ether oxygens (including phenoxy) is 2. The van der Waals surface area contributed by atoms with Crippen LogP contribution in [0.15, 0.2) is 95.6 Å². The summed E-state index contributed by atoms with van der Waals surface area (Å²) in [6.45, 7) is 1.17. The number of halogens is 4. The molecule has 228 valence electrons. The fourth-order valence-corrected chi connectivity index (χ4v) is 5.42. The van der Waals surface area contributed by atoms with Crippen LogP contribution in [0.25, 0.3) is 11.0 Å². The average molecular weight is 715 g/mol. The van der Waals surface area contributed by atoms with Gasteiger partial charge in [0.2, 0.25) is 0 Å². The largest absolute Gasteiger partial charge is 0.462 e. The summed E-state index contributed by atoms with van der Waals surface area (Å²) < 4.78 is 63.6. The predicted octanol–water partition coefficient (Wildman–Crippen LogP) is 9.27. The van der Waals surface area contributed by atoms with E-state index in [1.807, 2.05) is 83.3 Å². The Bertz CT molecular complexity index is 1710. The minimum Gasteiger partial charge on any atom is -0.462 e. The maximum atomic E-state index is 15.4. The van der Waals surface area contributed by atoms with Gasteiger partial charge in [-0.2, -0.15) is 0 Å². The second-order valence-electron chi connectivity index (χ2n) is 10.8. The van der Waals surface area contributed by atoms with Gasteiger partial charge in [-0.15, -0.1) is 0 Å². The summed E-state index contributed by atoms with van der Waals surface area (Å²) in [5.74, 6) is -2.92. The van der Waals surface area contributed by atoms with Gasteiger partial charge in [0.15, 0.2) is 17.2 Å². The van der Waals surface area contributed by atoms with Crippen molar-refractivity contribution in [3.8, 4) is 0 Å². The van der Waals surface area contributed by atoms with Gasteiger partial charge in [-0.3, -0.25) is 10.3 Å². The number of fused-ring (bicyclic) bond motifs is 1. The van der Waals surface area contributed by atoms with Crippen molar-refractivity contribution in [2.24, 2.45) is 0 Å². The highest BCUT2D eigenvalue weighted by Gasteiger charge is 2.47. The van der Waals surface area contributed by atoms with Gasteiger partial charge in [-0.05, 0) is 70.8 Å². The lowest BCUT2D eigenvalue weighted by atomic mass is 10.1. The SMILES string of the molecule is Fc1cc(I)ccc1Nc1c(F)c(F)c2ccoc2c1NOC1(CC(COCc2ccccc2)OCc2ccccc2)CC1. The fraction of sp³-hybridized carbons (Fsp3) is 0.235. The van der Waals surface area contributed by atoms with E-state index in [9.17, 15) is 8.78 Å². The Morgan fingerprint density at radius 2 is 1.55 bits per heavy atom. The van der Waals surface area contributed by atoms with Gasteiger partial charge in [-0.1, -0.05) is 60.7 Å². The number of anilines is 3. The van der Waals surface area contributed by atoms with Gasteiger partial charge in [0.05, 0.1) is 48.9 Å². The molecule has 44 heavy (non-hydrogen) atoms. The zero-order chi connectivity index (χ0) is 30.5. The van der Waals surface area contributed by atoms with Crippen LogP contribution in [-0.2, 0) is 27.5 Å². The molecule has 4 aromatic carbocycles. The van der Waals surface area contributed by atoms with E-state index in [4.69, 9.17) is 18.7 Å². The molecule has 1 atom stereocenters. The van der Waals surface area contributed by atoms with Crippen LogP contribution < -0.4 is 10.8 Å². The molecule has 2 N–H and O–H groups in total. The first-order valence-corrected chi connectivity index (χ1v) is 15.3. The predicted molar refractivity (Wildman–Crippen MR) is 171 cm³/mol. The molecule has 1 aliphatic rings. The van der Waals surface area contributed by atoms with Crippen LogP contribution in [0.3, 0.4) is 0 Å². The number of rotatable bonds is 14. The quantitative estimate of drug-likeness (QED) is 0.0884. The van der Waals surface area contributed by atoms with E-state index in [0.717, 1.165) is 11.1 Å². The normalized spacial score (nSPS) is 14.5. The molecule has 10 heteroatoms. The number of furan rings is 1. The fourth-order valence-electron chi connectivity index (χ4n) is 4.97. The van der Waals surface area contributed by atoms with Crippen molar-refractivity contribution in [3.63, 3.8) is 0 Å². The lowest BCUT2D eigenvalue weighted by Crippen LogP contribution is -2.30. The molecule has 6 nitrogen and oxygen atoms in total. The first kappa shape index (κ1) is 30.4. The number of benzene rings is 4. The molecule has 0 saturated heterocycles. The zero-order valence-electron chi connectivity index (χ0n) is 23.6. The Labute approximate surface area is 266 Å². The molecular weight excluding hydrogens is 684 g/mol. The Balaban J connectivity index is 1.20. The monoisotopic (exact) mass is 714 g/mol. The molecule has 0 amide bonds. The molecule has 1 aromatic heterocycles. The standard InChI is InChI=1S/C34H30F3IN2O4/c35-27-17-24(38)11-12-28(27)39-31-30(37)29(36)26-13-16-42-33(26)32(31)40-44-34(14-15-34)18-25(43-20-23-9-5-2-6-10-23)21-41-19-22-7-3-1-4-8-22/h1-13,16-17,25,39-40H,14-15,18-21H2. The lowest BCUT2D eigenvalue weighted by Gasteiger charge is -2.25. The van der Waals surface area contributed by atoms with E-state index in [0.29, 0.717) is 42.7 Å². The average Bonchev–Trinajstić information content (AvgIpc) is 3.62. The molecular formula is C34H30F3IN2O4. The highest BCUT2D eigenvalue weighted by molar-refractivity contribution is 14.1. The van der Waals surface area contributed by atoms with Gasteiger partial charge in [0, 0.05) is 9.99 Å². The van der Waals surface area contributed by atoms with E-state index >= 15 is 4.39 Å². The molecule has 1 unspecified atom stereocenters. The summed E-state index contributed by atoms with van der Waals surface area (Å²) in [5, 5.41) is 2.63. The third-order valence-corrected chi connectivity index (χ3v) is 8.17.